The molecule has 0 unspecified atom stereocenters. The van der Waals surface area contributed by atoms with Gasteiger partial charge in [0.25, 0.3) is 0 Å². The summed E-state index contributed by atoms with van der Waals surface area (Å²) < 4.78 is 49.3. The highest BCUT2D eigenvalue weighted by Gasteiger charge is 2.34. The molecule has 0 bridgehead atoms. The number of alkyl halides is 4. The molecular weight excluding hydrogens is 268 g/mol. The third kappa shape index (κ3) is 2.14. The molecule has 0 spiro atoms. The van der Waals surface area contributed by atoms with Crippen LogP contribution in [-0.4, -0.2) is 4.98 Å². The van der Waals surface area contributed by atoms with E-state index in [-0.39, 0.29) is 10.9 Å². The molecule has 0 fully saturated rings. The maximum absolute atomic E-state index is 13.0. The largest absolute Gasteiger partial charge is 0.433 e. The summed E-state index contributed by atoms with van der Waals surface area (Å²) in [6, 6.07) is 0.326. The zero-order chi connectivity index (χ0) is 10.9. The highest BCUT2D eigenvalue weighted by molar-refractivity contribution is 9.08. The highest BCUT2D eigenvalue weighted by atomic mass is 79.9. The normalized spacial score (nSPS) is 11.8. The van der Waals surface area contributed by atoms with Gasteiger partial charge >= 0.3 is 6.18 Å². The predicted octanol–water partition coefficient (Wildman–Crippen LogP) is 2.72. The number of aromatic nitrogens is 1. The van der Waals surface area contributed by atoms with Crippen LogP contribution in [0, 0.1) is 5.82 Å². The van der Waals surface area contributed by atoms with Crippen LogP contribution < -0.4 is 5.73 Å². The number of nitrogens with two attached hydrogens (primary N) is 1. The molecule has 0 aliphatic carbocycles. The van der Waals surface area contributed by atoms with Gasteiger partial charge in [-0.3, -0.25) is 0 Å². The maximum atomic E-state index is 13.0. The van der Waals surface area contributed by atoms with Crippen molar-refractivity contribution in [2.45, 2.75) is 11.5 Å². The van der Waals surface area contributed by atoms with Gasteiger partial charge < -0.3 is 5.73 Å². The second-order valence-corrected chi connectivity index (χ2v) is 3.05. The van der Waals surface area contributed by atoms with Gasteiger partial charge in [0, 0.05) is 17.0 Å². The van der Waals surface area contributed by atoms with Crippen LogP contribution in [-0.2, 0) is 11.5 Å². The molecule has 14 heavy (non-hydrogen) atoms. The summed E-state index contributed by atoms with van der Waals surface area (Å²) >= 11 is 2.89. The van der Waals surface area contributed by atoms with Crippen molar-refractivity contribution in [2.75, 3.05) is 5.73 Å². The molecule has 0 radical (unpaired) electrons. The van der Waals surface area contributed by atoms with E-state index in [1.165, 1.54) is 0 Å². The van der Waals surface area contributed by atoms with E-state index in [0.717, 1.165) is 0 Å². The fraction of sp³-hybridized carbons (Fsp3) is 0.286. The number of nitrogens with zero attached hydrogens (tertiary/aromatic N) is 1. The molecule has 2 N–H and O–H groups in total. The van der Waals surface area contributed by atoms with Crippen molar-refractivity contribution in [2.24, 2.45) is 0 Å². The first kappa shape index (κ1) is 11.2. The second kappa shape index (κ2) is 3.72. The summed E-state index contributed by atoms with van der Waals surface area (Å²) in [7, 11) is 0. The average molecular weight is 273 g/mol. The summed E-state index contributed by atoms with van der Waals surface area (Å²) in [6.07, 6.45) is -4.68. The molecule has 1 heterocycles. The second-order valence-electron chi connectivity index (χ2n) is 2.48. The van der Waals surface area contributed by atoms with E-state index in [1.54, 1.807) is 0 Å². The third-order valence-electron chi connectivity index (χ3n) is 1.53. The summed E-state index contributed by atoms with van der Waals surface area (Å²) in [5.74, 6) is -1.46. The van der Waals surface area contributed by atoms with Crippen molar-refractivity contribution in [3.8, 4) is 0 Å². The van der Waals surface area contributed by atoms with Gasteiger partial charge in [-0.25, -0.2) is 9.37 Å². The van der Waals surface area contributed by atoms with E-state index in [1.807, 2.05) is 0 Å². The lowest BCUT2D eigenvalue weighted by Crippen LogP contribution is -2.12. The van der Waals surface area contributed by atoms with E-state index in [4.69, 9.17) is 5.73 Å². The van der Waals surface area contributed by atoms with Crippen LogP contribution in [0.5, 0.6) is 0 Å². The van der Waals surface area contributed by atoms with E-state index in [2.05, 4.69) is 20.9 Å². The number of pyridine rings is 1. The van der Waals surface area contributed by atoms with Crippen LogP contribution in [0.4, 0.5) is 23.4 Å². The van der Waals surface area contributed by atoms with Gasteiger partial charge in [0.15, 0.2) is 0 Å². The van der Waals surface area contributed by atoms with Crippen LogP contribution in [0.25, 0.3) is 0 Å². The molecule has 1 aromatic rings. The van der Waals surface area contributed by atoms with Gasteiger partial charge in [-0.15, -0.1) is 0 Å². The van der Waals surface area contributed by atoms with Gasteiger partial charge in [0.2, 0.25) is 0 Å². The molecule has 0 atom stereocenters. The minimum absolute atomic E-state index is 0.0236. The Morgan fingerprint density at radius 3 is 2.36 bits per heavy atom. The standard InChI is InChI=1S/C7H5BrF4N2/c8-2-3-4(9)1-5(7(10,11)12)14-6(3)13/h1H,2H2,(H2,13,14). The van der Waals surface area contributed by atoms with Crippen LogP contribution in [0.2, 0.25) is 0 Å². The molecular formula is C7H5BrF4N2. The maximum Gasteiger partial charge on any atom is 0.433 e. The Balaban J connectivity index is 3.28. The van der Waals surface area contributed by atoms with E-state index in [0.29, 0.717) is 6.07 Å². The monoisotopic (exact) mass is 272 g/mol. The number of rotatable bonds is 1. The fourth-order valence-corrected chi connectivity index (χ4v) is 1.39. The minimum Gasteiger partial charge on any atom is -0.383 e. The predicted molar refractivity (Wildman–Crippen MR) is 46.2 cm³/mol. The molecule has 0 amide bonds. The summed E-state index contributed by atoms with van der Waals surface area (Å²) in [6.45, 7) is 0. The first-order valence-corrected chi connectivity index (χ1v) is 4.56. The van der Waals surface area contributed by atoms with Crippen molar-refractivity contribution >= 4 is 21.7 Å². The van der Waals surface area contributed by atoms with Crippen LogP contribution in [0.1, 0.15) is 11.3 Å². The molecule has 0 saturated heterocycles. The Labute approximate surface area is 85.3 Å². The third-order valence-corrected chi connectivity index (χ3v) is 2.09. The quantitative estimate of drug-likeness (QED) is 0.631. The number of hydrogen-bond acceptors (Lipinski definition) is 2. The lowest BCUT2D eigenvalue weighted by molar-refractivity contribution is -0.141. The number of nitrogen functional groups attached to an aromatic ring is 1. The average Bonchev–Trinajstić information content (AvgIpc) is 2.01. The Bertz CT molecular complexity index is 327. The Hall–Kier alpha value is -0.850. The van der Waals surface area contributed by atoms with Crippen molar-refractivity contribution < 1.29 is 17.6 Å². The Morgan fingerprint density at radius 1 is 1.43 bits per heavy atom. The zero-order valence-electron chi connectivity index (χ0n) is 6.70. The molecule has 1 rings (SSSR count). The van der Waals surface area contributed by atoms with Gasteiger partial charge in [-0.05, 0) is 0 Å². The lowest BCUT2D eigenvalue weighted by atomic mass is 10.2. The topological polar surface area (TPSA) is 38.9 Å². The molecule has 78 valence electrons. The highest BCUT2D eigenvalue weighted by Crippen LogP contribution is 2.30. The molecule has 1 aromatic heterocycles. The minimum atomic E-state index is -4.68. The number of halogens is 5. The van der Waals surface area contributed by atoms with E-state index in [9.17, 15) is 17.6 Å². The molecule has 2 nitrogen and oxygen atoms in total. The Kier molecular flexibility index (Phi) is 2.98. The van der Waals surface area contributed by atoms with Gasteiger partial charge in [-0.1, -0.05) is 15.9 Å². The SMILES string of the molecule is Nc1nc(C(F)(F)F)cc(F)c1CBr. The molecule has 0 aromatic carbocycles. The van der Waals surface area contributed by atoms with Crippen molar-refractivity contribution in [3.05, 3.63) is 23.1 Å². The van der Waals surface area contributed by atoms with Gasteiger partial charge in [0.05, 0.1) is 0 Å². The first-order valence-electron chi connectivity index (χ1n) is 3.44. The molecule has 0 aliphatic rings. The number of anilines is 1. The van der Waals surface area contributed by atoms with Gasteiger partial charge in [-0.2, -0.15) is 13.2 Å². The van der Waals surface area contributed by atoms with E-state index < -0.39 is 23.5 Å². The number of hydrogen-bond donors (Lipinski definition) is 1. The summed E-state index contributed by atoms with van der Waals surface area (Å²) in [4.78, 5) is 3.06. The van der Waals surface area contributed by atoms with Crippen molar-refractivity contribution in [3.63, 3.8) is 0 Å². The Morgan fingerprint density at radius 2 is 2.00 bits per heavy atom. The van der Waals surface area contributed by atoms with Gasteiger partial charge in [0.1, 0.15) is 17.3 Å². The summed E-state index contributed by atoms with van der Waals surface area (Å²) in [5.41, 5.74) is 3.75. The van der Waals surface area contributed by atoms with Crippen LogP contribution >= 0.6 is 15.9 Å². The summed E-state index contributed by atoms with van der Waals surface area (Å²) in [5, 5.41) is 0.0236. The van der Waals surface area contributed by atoms with Crippen LogP contribution in [0.15, 0.2) is 6.07 Å². The fourth-order valence-electron chi connectivity index (χ4n) is 0.837. The molecule has 0 saturated carbocycles. The lowest BCUT2D eigenvalue weighted by Gasteiger charge is -2.09. The van der Waals surface area contributed by atoms with Crippen LogP contribution in [0.3, 0.4) is 0 Å². The van der Waals surface area contributed by atoms with E-state index >= 15 is 0 Å². The van der Waals surface area contributed by atoms with Crippen molar-refractivity contribution in [1.82, 2.24) is 4.98 Å². The smallest absolute Gasteiger partial charge is 0.383 e. The first-order chi connectivity index (χ1) is 6.36. The molecule has 0 aliphatic heterocycles. The zero-order valence-corrected chi connectivity index (χ0v) is 8.28. The van der Waals surface area contributed by atoms with Crippen molar-refractivity contribution in [1.29, 1.82) is 0 Å². The molecule has 7 heteroatoms.